The predicted molar refractivity (Wildman–Crippen MR) is 64.2 cm³/mol. The number of aromatic carboxylic acids is 1. The number of aliphatic hydroxyl groups is 1. The van der Waals surface area contributed by atoms with Gasteiger partial charge in [0, 0.05) is 25.0 Å². The molecule has 0 saturated heterocycles. The Balaban J connectivity index is 2.07. The summed E-state index contributed by atoms with van der Waals surface area (Å²) in [5.74, 6) is 1.33. The smallest absolute Gasteiger partial charge is 0.358 e. The average Bonchev–Trinajstić information content (AvgIpc) is 2.77. The third kappa shape index (κ3) is 5.71. The molecule has 1 aromatic heterocycles. The Hall–Kier alpha value is -1.05. The van der Waals surface area contributed by atoms with E-state index in [1.165, 1.54) is 6.07 Å². The van der Waals surface area contributed by atoms with Crippen molar-refractivity contribution in [2.24, 2.45) is 0 Å². The molecule has 3 N–H and O–H groups in total. The molecule has 6 nitrogen and oxygen atoms in total. The molecule has 0 amide bonds. The molecule has 0 spiro atoms. The van der Waals surface area contributed by atoms with E-state index in [-0.39, 0.29) is 12.3 Å². The van der Waals surface area contributed by atoms with Crippen LogP contribution in [0.5, 0.6) is 0 Å². The maximum atomic E-state index is 10.5. The zero-order valence-corrected chi connectivity index (χ0v) is 10.2. The topological polar surface area (TPSA) is 95.6 Å². The number of carboxylic acids is 1. The minimum Gasteiger partial charge on any atom is -0.476 e. The molecule has 0 radical (unpaired) electrons. The summed E-state index contributed by atoms with van der Waals surface area (Å²) in [5, 5.41) is 23.7. The predicted octanol–water partition coefficient (Wildman–Crippen LogP) is 0.578. The summed E-state index contributed by atoms with van der Waals surface area (Å²) in [6.45, 7) is 1.51. The number of hydrogen-bond donors (Lipinski definition) is 3. The molecule has 1 aromatic rings. The first-order valence-corrected chi connectivity index (χ1v) is 6.47. The van der Waals surface area contributed by atoms with Crippen LogP contribution in [0.15, 0.2) is 10.6 Å². The number of carboxylic acid groups (broad SMARTS) is 1. The second-order valence-corrected chi connectivity index (χ2v) is 4.57. The average molecular weight is 260 g/mol. The van der Waals surface area contributed by atoms with Crippen LogP contribution in [0.2, 0.25) is 0 Å². The summed E-state index contributed by atoms with van der Waals surface area (Å²) in [5.41, 5.74) is -0.0703. The van der Waals surface area contributed by atoms with E-state index in [1.807, 2.05) is 0 Å². The molecule has 0 aliphatic rings. The number of nitrogens with zero attached hydrogens (tertiary/aromatic N) is 1. The van der Waals surface area contributed by atoms with Gasteiger partial charge in [0.25, 0.3) is 0 Å². The van der Waals surface area contributed by atoms with E-state index in [4.69, 9.17) is 14.7 Å². The molecular formula is C10H16N2O4S. The van der Waals surface area contributed by atoms with Crippen molar-refractivity contribution in [3.05, 3.63) is 17.5 Å². The Morgan fingerprint density at radius 2 is 2.35 bits per heavy atom. The molecule has 0 aliphatic carbocycles. The van der Waals surface area contributed by atoms with Gasteiger partial charge in [0.05, 0.1) is 6.54 Å². The molecule has 0 aliphatic heterocycles. The third-order valence-corrected chi connectivity index (χ3v) is 3.02. The highest BCUT2D eigenvalue weighted by atomic mass is 32.2. The van der Waals surface area contributed by atoms with E-state index >= 15 is 0 Å². The van der Waals surface area contributed by atoms with Gasteiger partial charge in [0.15, 0.2) is 11.5 Å². The van der Waals surface area contributed by atoms with Gasteiger partial charge < -0.3 is 20.1 Å². The van der Waals surface area contributed by atoms with Crippen LogP contribution in [0, 0.1) is 0 Å². The number of nitrogens with one attached hydrogen (secondary N) is 1. The molecule has 1 heterocycles. The van der Waals surface area contributed by atoms with Gasteiger partial charge in [-0.3, -0.25) is 0 Å². The molecule has 0 bridgehead atoms. The van der Waals surface area contributed by atoms with Crippen LogP contribution in [-0.2, 0) is 6.54 Å². The first-order chi connectivity index (χ1) is 8.24. The number of hydrogen-bond acceptors (Lipinski definition) is 6. The fourth-order valence-electron chi connectivity index (χ4n) is 1.12. The van der Waals surface area contributed by atoms with Crippen molar-refractivity contribution >= 4 is 17.7 Å². The maximum Gasteiger partial charge on any atom is 0.358 e. The zero-order chi connectivity index (χ0) is 12.5. The minimum atomic E-state index is -1.08. The van der Waals surface area contributed by atoms with E-state index in [1.54, 1.807) is 11.8 Å². The molecule has 17 heavy (non-hydrogen) atoms. The molecule has 7 heteroatoms. The highest BCUT2D eigenvalue weighted by Gasteiger charge is 2.09. The SMILES string of the molecule is O=C(O)c1cc(CNCCSCCCO)on1. The fourth-order valence-corrected chi connectivity index (χ4v) is 1.95. The summed E-state index contributed by atoms with van der Waals surface area (Å²) in [4.78, 5) is 10.5. The molecule has 0 saturated carbocycles. The highest BCUT2D eigenvalue weighted by Crippen LogP contribution is 2.04. The van der Waals surface area contributed by atoms with Gasteiger partial charge in [-0.2, -0.15) is 11.8 Å². The fraction of sp³-hybridized carbons (Fsp3) is 0.600. The molecule has 0 fully saturated rings. The summed E-state index contributed by atoms with van der Waals surface area (Å²) in [6.07, 6.45) is 0.814. The van der Waals surface area contributed by atoms with Crippen LogP contribution in [0.3, 0.4) is 0 Å². The van der Waals surface area contributed by atoms with Crippen molar-refractivity contribution in [1.29, 1.82) is 0 Å². The minimum absolute atomic E-state index is 0.0703. The second-order valence-electron chi connectivity index (χ2n) is 3.35. The van der Waals surface area contributed by atoms with Crippen molar-refractivity contribution in [3.63, 3.8) is 0 Å². The first-order valence-electron chi connectivity index (χ1n) is 5.32. The van der Waals surface area contributed by atoms with Crippen LogP contribution in [0.4, 0.5) is 0 Å². The van der Waals surface area contributed by atoms with Crippen molar-refractivity contribution in [3.8, 4) is 0 Å². The Morgan fingerprint density at radius 1 is 1.53 bits per heavy atom. The van der Waals surface area contributed by atoms with Crippen molar-refractivity contribution in [2.45, 2.75) is 13.0 Å². The monoisotopic (exact) mass is 260 g/mol. The zero-order valence-electron chi connectivity index (χ0n) is 9.39. The van der Waals surface area contributed by atoms with E-state index < -0.39 is 5.97 Å². The Kier molecular flexibility index (Phi) is 6.68. The quantitative estimate of drug-likeness (QED) is 0.559. The van der Waals surface area contributed by atoms with Crippen LogP contribution >= 0.6 is 11.8 Å². The van der Waals surface area contributed by atoms with Crippen LogP contribution in [0.25, 0.3) is 0 Å². The summed E-state index contributed by atoms with van der Waals surface area (Å²) in [6, 6.07) is 1.41. The third-order valence-electron chi connectivity index (χ3n) is 1.95. The lowest BCUT2D eigenvalue weighted by Crippen LogP contribution is -2.16. The maximum absolute atomic E-state index is 10.5. The van der Waals surface area contributed by atoms with Crippen molar-refractivity contribution in [2.75, 3.05) is 24.7 Å². The molecule has 96 valence electrons. The lowest BCUT2D eigenvalue weighted by Gasteiger charge is -2.01. The molecule has 0 unspecified atom stereocenters. The number of thioether (sulfide) groups is 1. The van der Waals surface area contributed by atoms with Gasteiger partial charge in [0.2, 0.25) is 0 Å². The molecule has 0 aromatic carbocycles. The molecule has 0 atom stereocenters. The number of aliphatic hydroxyl groups excluding tert-OH is 1. The van der Waals surface area contributed by atoms with Crippen LogP contribution in [0.1, 0.15) is 22.7 Å². The van der Waals surface area contributed by atoms with Gasteiger partial charge in [-0.25, -0.2) is 4.79 Å². The first kappa shape index (κ1) is 14.0. The summed E-state index contributed by atoms with van der Waals surface area (Å²) >= 11 is 1.76. The lowest BCUT2D eigenvalue weighted by molar-refractivity contribution is 0.0685. The highest BCUT2D eigenvalue weighted by molar-refractivity contribution is 7.99. The van der Waals surface area contributed by atoms with Crippen LogP contribution < -0.4 is 5.32 Å². The van der Waals surface area contributed by atoms with E-state index in [0.29, 0.717) is 12.3 Å². The van der Waals surface area contributed by atoms with E-state index in [2.05, 4.69) is 10.5 Å². The molecular weight excluding hydrogens is 244 g/mol. The van der Waals surface area contributed by atoms with E-state index in [9.17, 15) is 4.79 Å². The second kappa shape index (κ2) is 8.10. The molecule has 1 rings (SSSR count). The Morgan fingerprint density at radius 3 is 3.00 bits per heavy atom. The van der Waals surface area contributed by atoms with E-state index in [0.717, 1.165) is 24.5 Å². The number of carbonyl (C=O) groups is 1. The van der Waals surface area contributed by atoms with Gasteiger partial charge in [-0.1, -0.05) is 5.16 Å². The normalized spacial score (nSPS) is 10.6. The lowest BCUT2D eigenvalue weighted by atomic mass is 10.3. The Bertz CT molecular complexity index is 343. The van der Waals surface area contributed by atoms with Crippen molar-refractivity contribution in [1.82, 2.24) is 10.5 Å². The van der Waals surface area contributed by atoms with Gasteiger partial charge in [0.1, 0.15) is 0 Å². The van der Waals surface area contributed by atoms with Crippen molar-refractivity contribution < 1.29 is 19.5 Å². The summed E-state index contributed by atoms with van der Waals surface area (Å²) in [7, 11) is 0. The summed E-state index contributed by atoms with van der Waals surface area (Å²) < 4.78 is 4.84. The standard InChI is InChI=1S/C10H16N2O4S/c13-3-1-4-17-5-2-11-7-8-6-9(10(14)15)12-16-8/h6,11,13H,1-5,7H2,(H,14,15). The van der Waals surface area contributed by atoms with Gasteiger partial charge >= 0.3 is 5.97 Å². The number of aromatic nitrogens is 1. The largest absolute Gasteiger partial charge is 0.476 e. The number of rotatable bonds is 9. The Labute approximate surface area is 103 Å². The van der Waals surface area contributed by atoms with Crippen LogP contribution in [-0.4, -0.2) is 46.0 Å². The van der Waals surface area contributed by atoms with Gasteiger partial charge in [-0.15, -0.1) is 0 Å². The van der Waals surface area contributed by atoms with Gasteiger partial charge in [-0.05, 0) is 12.2 Å².